The molecule has 6 heteroatoms. The van der Waals surface area contributed by atoms with Crippen molar-refractivity contribution >= 4 is 23.1 Å². The summed E-state index contributed by atoms with van der Waals surface area (Å²) >= 11 is 1.56. The summed E-state index contributed by atoms with van der Waals surface area (Å²) < 4.78 is 0. The van der Waals surface area contributed by atoms with Crippen molar-refractivity contribution < 1.29 is 4.79 Å². The summed E-state index contributed by atoms with van der Waals surface area (Å²) in [6.07, 6.45) is 2.44. The van der Waals surface area contributed by atoms with Crippen molar-refractivity contribution in [2.45, 2.75) is 6.42 Å². The minimum Gasteiger partial charge on any atom is -0.337 e. The molecule has 19 heavy (non-hydrogen) atoms. The van der Waals surface area contributed by atoms with Crippen LogP contribution >= 0.6 is 11.3 Å². The molecular formula is C13H12N4OS. The molecule has 96 valence electrons. The van der Waals surface area contributed by atoms with Crippen LogP contribution in [0.2, 0.25) is 0 Å². The highest BCUT2D eigenvalue weighted by Gasteiger charge is 2.05. The van der Waals surface area contributed by atoms with Crippen LogP contribution in [0.1, 0.15) is 10.6 Å². The van der Waals surface area contributed by atoms with Crippen molar-refractivity contribution in [2.24, 2.45) is 0 Å². The minimum atomic E-state index is -0.320. The van der Waals surface area contributed by atoms with Gasteiger partial charge in [0, 0.05) is 24.5 Å². The zero-order chi connectivity index (χ0) is 13.5. The van der Waals surface area contributed by atoms with Gasteiger partial charge in [0.15, 0.2) is 0 Å². The van der Waals surface area contributed by atoms with E-state index in [0.29, 0.717) is 24.2 Å². The molecule has 1 aromatic carbocycles. The predicted octanol–water partition coefficient (Wildman–Crippen LogP) is 2.38. The first-order valence-electron chi connectivity index (χ1n) is 5.72. The number of hydrogen-bond donors (Lipinski definition) is 2. The van der Waals surface area contributed by atoms with E-state index in [1.54, 1.807) is 41.8 Å². The standard InChI is InChI=1S/C13H12N4OS/c14-9-10-3-1-2-4-11(10)17-13(18)16-6-5-12-15-7-8-19-12/h1-4,7-8H,5-6H2,(H2,16,17,18). The largest absolute Gasteiger partial charge is 0.337 e. The molecular weight excluding hydrogens is 260 g/mol. The maximum absolute atomic E-state index is 11.7. The van der Waals surface area contributed by atoms with E-state index in [-0.39, 0.29) is 6.03 Å². The fraction of sp³-hybridized carbons (Fsp3) is 0.154. The average Bonchev–Trinajstić information content (AvgIpc) is 2.92. The number of carbonyl (C=O) groups is 1. The van der Waals surface area contributed by atoms with Gasteiger partial charge in [0.2, 0.25) is 0 Å². The molecule has 1 heterocycles. The second-order valence-electron chi connectivity index (χ2n) is 3.71. The van der Waals surface area contributed by atoms with Crippen LogP contribution in [-0.4, -0.2) is 17.6 Å². The monoisotopic (exact) mass is 272 g/mol. The Morgan fingerprint density at radius 3 is 3.00 bits per heavy atom. The van der Waals surface area contributed by atoms with Crippen molar-refractivity contribution in [3.63, 3.8) is 0 Å². The third kappa shape index (κ3) is 3.79. The molecule has 0 unspecified atom stereocenters. The maximum atomic E-state index is 11.7. The minimum absolute atomic E-state index is 0.320. The average molecular weight is 272 g/mol. The van der Waals surface area contributed by atoms with Crippen LogP contribution in [0.4, 0.5) is 10.5 Å². The highest BCUT2D eigenvalue weighted by molar-refractivity contribution is 7.09. The summed E-state index contributed by atoms with van der Waals surface area (Å²) in [5.74, 6) is 0. The number of anilines is 1. The number of nitrogens with one attached hydrogen (secondary N) is 2. The second-order valence-corrected chi connectivity index (χ2v) is 4.69. The molecule has 2 N–H and O–H groups in total. The molecule has 0 saturated carbocycles. The number of thiazole rings is 1. The molecule has 0 saturated heterocycles. The predicted molar refractivity (Wildman–Crippen MR) is 74.0 cm³/mol. The lowest BCUT2D eigenvalue weighted by Crippen LogP contribution is -2.30. The summed E-state index contributed by atoms with van der Waals surface area (Å²) in [6, 6.07) is 8.58. The van der Waals surface area contributed by atoms with E-state index >= 15 is 0 Å². The SMILES string of the molecule is N#Cc1ccccc1NC(=O)NCCc1nccs1. The van der Waals surface area contributed by atoms with Crippen molar-refractivity contribution in [3.8, 4) is 6.07 Å². The second kappa shape index (κ2) is 6.52. The fourth-order valence-electron chi connectivity index (χ4n) is 1.52. The Hall–Kier alpha value is -2.39. The van der Waals surface area contributed by atoms with E-state index in [9.17, 15) is 4.79 Å². The topological polar surface area (TPSA) is 77.8 Å². The fourth-order valence-corrected chi connectivity index (χ4v) is 2.14. The first kappa shape index (κ1) is 13.1. The van der Waals surface area contributed by atoms with Crippen LogP contribution in [0.25, 0.3) is 0 Å². The lowest BCUT2D eigenvalue weighted by atomic mass is 10.2. The number of benzene rings is 1. The molecule has 1 aromatic heterocycles. The Bertz CT molecular complexity index is 589. The number of rotatable bonds is 4. The van der Waals surface area contributed by atoms with Crippen LogP contribution in [-0.2, 0) is 6.42 Å². The molecule has 0 spiro atoms. The van der Waals surface area contributed by atoms with Crippen LogP contribution in [0.3, 0.4) is 0 Å². The third-order valence-corrected chi connectivity index (χ3v) is 3.24. The molecule has 5 nitrogen and oxygen atoms in total. The molecule has 2 aromatic rings. The van der Waals surface area contributed by atoms with Gasteiger partial charge in [0.25, 0.3) is 0 Å². The first-order chi connectivity index (χ1) is 9.29. The normalized spacial score (nSPS) is 9.63. The molecule has 0 radical (unpaired) electrons. The van der Waals surface area contributed by atoms with Gasteiger partial charge in [-0.2, -0.15) is 5.26 Å². The number of para-hydroxylation sites is 1. The zero-order valence-corrected chi connectivity index (χ0v) is 10.9. The quantitative estimate of drug-likeness (QED) is 0.897. The van der Waals surface area contributed by atoms with Gasteiger partial charge in [-0.15, -0.1) is 11.3 Å². The van der Waals surface area contributed by atoms with E-state index in [1.165, 1.54) is 0 Å². The number of amides is 2. The van der Waals surface area contributed by atoms with E-state index in [2.05, 4.69) is 15.6 Å². The lowest BCUT2D eigenvalue weighted by Gasteiger charge is -2.07. The first-order valence-corrected chi connectivity index (χ1v) is 6.60. The van der Waals surface area contributed by atoms with E-state index < -0.39 is 0 Å². The number of nitriles is 1. The van der Waals surface area contributed by atoms with Crippen LogP contribution in [0.15, 0.2) is 35.8 Å². The smallest absolute Gasteiger partial charge is 0.319 e. The molecule has 2 rings (SSSR count). The molecule has 0 aliphatic rings. The van der Waals surface area contributed by atoms with Crippen molar-refractivity contribution in [3.05, 3.63) is 46.4 Å². The van der Waals surface area contributed by atoms with Gasteiger partial charge in [-0.25, -0.2) is 9.78 Å². The van der Waals surface area contributed by atoms with E-state index in [4.69, 9.17) is 5.26 Å². The summed E-state index contributed by atoms with van der Waals surface area (Å²) in [5.41, 5.74) is 0.953. The number of urea groups is 1. The number of hydrogen-bond acceptors (Lipinski definition) is 4. The number of carbonyl (C=O) groups excluding carboxylic acids is 1. The number of aromatic nitrogens is 1. The highest BCUT2D eigenvalue weighted by Crippen LogP contribution is 2.13. The van der Waals surface area contributed by atoms with Crippen molar-refractivity contribution in [1.82, 2.24) is 10.3 Å². The Morgan fingerprint density at radius 1 is 1.42 bits per heavy atom. The summed E-state index contributed by atoms with van der Waals surface area (Å²) in [5, 5.41) is 17.2. The Labute approximate surface area is 114 Å². The Balaban J connectivity index is 1.83. The van der Waals surface area contributed by atoms with Crippen LogP contribution in [0, 0.1) is 11.3 Å². The summed E-state index contributed by atoms with van der Waals surface area (Å²) in [4.78, 5) is 15.8. The van der Waals surface area contributed by atoms with Gasteiger partial charge >= 0.3 is 6.03 Å². The highest BCUT2D eigenvalue weighted by atomic mass is 32.1. The van der Waals surface area contributed by atoms with Gasteiger partial charge in [-0.3, -0.25) is 0 Å². The molecule has 0 aliphatic heterocycles. The molecule has 0 aliphatic carbocycles. The summed E-state index contributed by atoms with van der Waals surface area (Å²) in [7, 11) is 0. The van der Waals surface area contributed by atoms with Crippen molar-refractivity contribution in [1.29, 1.82) is 5.26 Å². The van der Waals surface area contributed by atoms with Gasteiger partial charge in [-0.05, 0) is 12.1 Å². The third-order valence-electron chi connectivity index (χ3n) is 2.40. The van der Waals surface area contributed by atoms with Gasteiger partial charge in [0.1, 0.15) is 6.07 Å². The molecule has 0 atom stereocenters. The van der Waals surface area contributed by atoms with Gasteiger partial charge < -0.3 is 10.6 Å². The zero-order valence-electron chi connectivity index (χ0n) is 10.1. The Morgan fingerprint density at radius 2 is 2.26 bits per heavy atom. The maximum Gasteiger partial charge on any atom is 0.319 e. The van der Waals surface area contributed by atoms with Gasteiger partial charge in [0.05, 0.1) is 16.3 Å². The molecule has 0 bridgehead atoms. The number of nitrogens with zero attached hydrogens (tertiary/aromatic N) is 2. The van der Waals surface area contributed by atoms with Crippen LogP contribution < -0.4 is 10.6 Å². The molecule has 0 fully saturated rings. The summed E-state index contributed by atoms with van der Waals surface area (Å²) in [6.45, 7) is 0.508. The van der Waals surface area contributed by atoms with E-state index in [0.717, 1.165) is 5.01 Å². The van der Waals surface area contributed by atoms with Crippen LogP contribution in [0.5, 0.6) is 0 Å². The van der Waals surface area contributed by atoms with Gasteiger partial charge in [-0.1, -0.05) is 12.1 Å². The molecule has 2 amide bonds. The Kier molecular flexibility index (Phi) is 4.48. The van der Waals surface area contributed by atoms with E-state index in [1.807, 2.05) is 11.4 Å². The lowest BCUT2D eigenvalue weighted by molar-refractivity contribution is 0.252. The van der Waals surface area contributed by atoms with Crippen molar-refractivity contribution in [2.75, 3.05) is 11.9 Å².